The molecule has 1 saturated heterocycles. The van der Waals surface area contributed by atoms with Crippen molar-refractivity contribution >= 4 is 21.6 Å². The Morgan fingerprint density at radius 1 is 0.917 bits per heavy atom. The zero-order valence-electron chi connectivity index (χ0n) is 21.0. The predicted molar refractivity (Wildman–Crippen MR) is 143 cm³/mol. The fourth-order valence-corrected chi connectivity index (χ4v) is 6.23. The average Bonchev–Trinajstić information content (AvgIpc) is 2.87. The molecule has 0 aliphatic carbocycles. The minimum absolute atomic E-state index is 0.164. The Balaban J connectivity index is 1.44. The normalized spacial score (nSPS) is 16.1. The maximum Gasteiger partial charge on any atom is 0.246 e. The van der Waals surface area contributed by atoms with Crippen LogP contribution in [0.25, 0.3) is 0 Å². The molecular formula is C28H33ClN2O4S. The summed E-state index contributed by atoms with van der Waals surface area (Å²) in [6.07, 6.45) is -0.164. The topological polar surface area (TPSA) is 59.1 Å². The van der Waals surface area contributed by atoms with E-state index in [1.165, 1.54) is 12.7 Å². The first-order chi connectivity index (χ1) is 17.3. The second-order valence-corrected chi connectivity index (χ2v) is 11.5. The maximum absolute atomic E-state index is 13.4. The number of aryl methyl sites for hydroxylation is 2. The van der Waals surface area contributed by atoms with Crippen molar-refractivity contribution in [2.24, 2.45) is 0 Å². The molecule has 0 radical (unpaired) electrons. The summed E-state index contributed by atoms with van der Waals surface area (Å²) in [6, 6.07) is 21.3. The van der Waals surface area contributed by atoms with Crippen molar-refractivity contribution in [2.75, 3.05) is 39.8 Å². The van der Waals surface area contributed by atoms with Crippen LogP contribution in [0.2, 0.25) is 5.02 Å². The quantitative estimate of drug-likeness (QED) is 0.380. The molecule has 3 aromatic rings. The number of nitrogens with zero attached hydrogens (tertiary/aromatic N) is 2. The van der Waals surface area contributed by atoms with Crippen LogP contribution in [-0.4, -0.2) is 57.5 Å². The van der Waals surface area contributed by atoms with Gasteiger partial charge in [0.05, 0.1) is 19.8 Å². The second-order valence-electron chi connectivity index (χ2n) is 9.20. The Kier molecular flexibility index (Phi) is 8.70. The summed E-state index contributed by atoms with van der Waals surface area (Å²) in [5.41, 5.74) is 4.25. The van der Waals surface area contributed by atoms with Crippen LogP contribution < -0.4 is 4.74 Å². The van der Waals surface area contributed by atoms with E-state index in [0.29, 0.717) is 50.1 Å². The van der Waals surface area contributed by atoms with Crippen LogP contribution in [0.15, 0.2) is 71.6 Å². The molecule has 1 aliphatic rings. The minimum Gasteiger partial charge on any atom is -0.495 e. The van der Waals surface area contributed by atoms with Crippen LogP contribution in [0.3, 0.4) is 0 Å². The summed E-state index contributed by atoms with van der Waals surface area (Å²) in [5, 5.41) is 0.682. The van der Waals surface area contributed by atoms with Gasteiger partial charge in [0.25, 0.3) is 0 Å². The Labute approximate surface area is 219 Å². The third-order valence-electron chi connectivity index (χ3n) is 6.47. The third kappa shape index (κ3) is 6.47. The molecule has 1 unspecified atom stereocenters. The molecule has 192 valence electrons. The van der Waals surface area contributed by atoms with E-state index in [9.17, 15) is 8.42 Å². The summed E-state index contributed by atoms with van der Waals surface area (Å²) in [4.78, 5) is 2.48. The first-order valence-corrected chi connectivity index (χ1v) is 13.9. The number of hydrogen-bond acceptors (Lipinski definition) is 5. The highest BCUT2D eigenvalue weighted by Crippen LogP contribution is 2.29. The monoisotopic (exact) mass is 528 g/mol. The van der Waals surface area contributed by atoms with Gasteiger partial charge in [0.2, 0.25) is 10.0 Å². The number of sulfonamides is 1. The van der Waals surface area contributed by atoms with Gasteiger partial charge in [-0.1, -0.05) is 59.6 Å². The van der Waals surface area contributed by atoms with Crippen molar-refractivity contribution < 1.29 is 17.9 Å². The highest BCUT2D eigenvalue weighted by molar-refractivity contribution is 7.89. The molecule has 3 aromatic carbocycles. The van der Waals surface area contributed by atoms with E-state index in [1.807, 2.05) is 43.3 Å². The van der Waals surface area contributed by atoms with Gasteiger partial charge in [0.15, 0.2) is 0 Å². The van der Waals surface area contributed by atoms with Crippen molar-refractivity contribution in [1.82, 2.24) is 9.21 Å². The molecule has 8 heteroatoms. The van der Waals surface area contributed by atoms with E-state index < -0.39 is 10.0 Å². The van der Waals surface area contributed by atoms with Gasteiger partial charge in [-0.05, 0) is 54.8 Å². The number of ether oxygens (including phenoxy) is 2. The lowest BCUT2D eigenvalue weighted by atomic mass is 10.1. The molecule has 4 rings (SSSR count). The van der Waals surface area contributed by atoms with Crippen LogP contribution in [0.4, 0.5) is 0 Å². The van der Waals surface area contributed by atoms with Crippen LogP contribution in [0, 0.1) is 13.8 Å². The van der Waals surface area contributed by atoms with E-state index >= 15 is 0 Å². The van der Waals surface area contributed by atoms with Crippen LogP contribution in [-0.2, 0) is 21.4 Å². The largest absolute Gasteiger partial charge is 0.495 e. The van der Waals surface area contributed by atoms with E-state index in [4.69, 9.17) is 21.1 Å². The number of halogens is 1. The molecule has 36 heavy (non-hydrogen) atoms. The lowest BCUT2D eigenvalue weighted by molar-refractivity contribution is 0.00771. The van der Waals surface area contributed by atoms with E-state index in [0.717, 1.165) is 16.7 Å². The van der Waals surface area contributed by atoms with Crippen molar-refractivity contribution in [3.8, 4) is 5.75 Å². The average molecular weight is 529 g/mol. The third-order valence-corrected chi connectivity index (χ3v) is 8.64. The fraction of sp³-hybridized carbons (Fsp3) is 0.357. The number of piperazine rings is 1. The second kappa shape index (κ2) is 11.8. The van der Waals surface area contributed by atoms with Gasteiger partial charge < -0.3 is 9.47 Å². The number of rotatable bonds is 9. The van der Waals surface area contributed by atoms with Gasteiger partial charge >= 0.3 is 0 Å². The smallest absolute Gasteiger partial charge is 0.246 e. The molecule has 1 atom stereocenters. The minimum atomic E-state index is -3.65. The van der Waals surface area contributed by atoms with Gasteiger partial charge in [-0.25, -0.2) is 8.42 Å². The van der Waals surface area contributed by atoms with Crippen molar-refractivity contribution in [2.45, 2.75) is 31.5 Å². The summed E-state index contributed by atoms with van der Waals surface area (Å²) in [7, 11) is -2.16. The Morgan fingerprint density at radius 2 is 1.61 bits per heavy atom. The molecule has 0 saturated carbocycles. The number of hydrogen-bond donors (Lipinski definition) is 0. The van der Waals surface area contributed by atoms with E-state index in [-0.39, 0.29) is 11.0 Å². The van der Waals surface area contributed by atoms with Gasteiger partial charge in [-0.3, -0.25) is 4.90 Å². The number of methoxy groups -OCH3 is 1. The zero-order chi connectivity index (χ0) is 25.7. The predicted octanol–water partition coefficient (Wildman–Crippen LogP) is 5.23. The lowest BCUT2D eigenvalue weighted by Crippen LogP contribution is -2.49. The van der Waals surface area contributed by atoms with Crippen molar-refractivity contribution in [3.05, 3.63) is 94.0 Å². The van der Waals surface area contributed by atoms with E-state index in [1.54, 1.807) is 16.4 Å². The van der Waals surface area contributed by atoms with Gasteiger partial charge in [-0.15, -0.1) is 0 Å². The summed E-state index contributed by atoms with van der Waals surface area (Å²) in [5.74, 6) is 0.371. The molecule has 1 fully saturated rings. The van der Waals surface area contributed by atoms with Crippen molar-refractivity contribution in [3.63, 3.8) is 0 Å². The zero-order valence-corrected chi connectivity index (χ0v) is 22.6. The first-order valence-electron chi connectivity index (χ1n) is 12.1. The standard InChI is InChI=1S/C28H33ClN2O4S/c1-21-5-4-6-23(17-21)20-35-27(24-8-10-25(29)11-9-24)19-30-13-15-31(16-14-30)36(32,33)28-18-22(2)7-12-26(28)34-3/h4-12,17-18,27H,13-16,19-20H2,1-3H3. The van der Waals surface area contributed by atoms with Gasteiger partial charge in [0.1, 0.15) is 10.6 Å². The maximum atomic E-state index is 13.4. The molecule has 1 aliphatic heterocycles. The summed E-state index contributed by atoms with van der Waals surface area (Å²) >= 11 is 6.12. The van der Waals surface area contributed by atoms with Crippen molar-refractivity contribution in [1.29, 1.82) is 0 Å². The molecule has 6 nitrogen and oxygen atoms in total. The van der Waals surface area contributed by atoms with Crippen LogP contribution in [0.1, 0.15) is 28.4 Å². The van der Waals surface area contributed by atoms with E-state index in [2.05, 4.69) is 30.0 Å². The van der Waals surface area contributed by atoms with Crippen LogP contribution in [0.5, 0.6) is 5.75 Å². The molecular weight excluding hydrogens is 496 g/mol. The Hall–Kier alpha value is -2.42. The molecule has 0 aromatic heterocycles. The van der Waals surface area contributed by atoms with Gasteiger partial charge in [-0.2, -0.15) is 4.31 Å². The summed E-state index contributed by atoms with van der Waals surface area (Å²) in [6.45, 7) is 7.15. The Bertz CT molecular complexity index is 1270. The van der Waals surface area contributed by atoms with Gasteiger partial charge in [0, 0.05) is 37.7 Å². The first kappa shape index (κ1) is 26.6. The van der Waals surface area contributed by atoms with Crippen LogP contribution >= 0.6 is 11.6 Å². The molecule has 0 bridgehead atoms. The highest BCUT2D eigenvalue weighted by atomic mass is 35.5. The highest BCUT2D eigenvalue weighted by Gasteiger charge is 2.31. The molecule has 0 amide bonds. The Morgan fingerprint density at radius 3 is 2.28 bits per heavy atom. The lowest BCUT2D eigenvalue weighted by Gasteiger charge is -2.36. The molecule has 0 spiro atoms. The number of benzene rings is 3. The summed E-state index contributed by atoms with van der Waals surface area (Å²) < 4.78 is 40.0. The SMILES string of the molecule is COc1ccc(C)cc1S(=O)(=O)N1CCN(CC(OCc2cccc(C)c2)c2ccc(Cl)cc2)CC1. The molecule has 1 heterocycles. The molecule has 0 N–H and O–H groups in total. The fourth-order valence-electron chi connectivity index (χ4n) is 4.44.